The smallest absolute Gasteiger partial charge is 0.266 e. The molecule has 2 aromatic heterocycles. The Morgan fingerprint density at radius 3 is 2.92 bits per heavy atom. The number of hydrogen-bond acceptors (Lipinski definition) is 7. The maximum atomic E-state index is 13.3. The van der Waals surface area contributed by atoms with Crippen LogP contribution in [0, 0.1) is 5.92 Å². The van der Waals surface area contributed by atoms with Crippen LogP contribution in [0.15, 0.2) is 18.5 Å². The molecular formula is C18H22N4O3S. The first kappa shape index (κ1) is 17.5. The number of rotatable bonds is 4. The van der Waals surface area contributed by atoms with E-state index < -0.39 is 0 Å². The van der Waals surface area contributed by atoms with Gasteiger partial charge in [-0.05, 0) is 31.2 Å². The van der Waals surface area contributed by atoms with Crippen LogP contribution in [-0.4, -0.2) is 62.8 Å². The van der Waals surface area contributed by atoms with Gasteiger partial charge in [0, 0.05) is 25.5 Å². The Hall–Kier alpha value is -1.90. The lowest BCUT2D eigenvalue weighted by Crippen LogP contribution is -2.51. The zero-order valence-corrected chi connectivity index (χ0v) is 15.5. The summed E-state index contributed by atoms with van der Waals surface area (Å²) in [6.07, 6.45) is 5.68. The SMILES string of the molecule is CCc1nc(-c2ncccn2)sc1C(=O)N1CCOC2C[C@H](CO)C[C@@H]21. The fraction of sp³-hybridized carbons (Fsp3) is 0.556. The summed E-state index contributed by atoms with van der Waals surface area (Å²) in [7, 11) is 0. The fourth-order valence-corrected chi connectivity index (χ4v) is 4.90. The predicted octanol–water partition coefficient (Wildman–Crippen LogP) is 1.77. The zero-order valence-electron chi connectivity index (χ0n) is 14.7. The van der Waals surface area contributed by atoms with E-state index in [1.807, 2.05) is 11.8 Å². The molecular weight excluding hydrogens is 352 g/mol. The van der Waals surface area contributed by atoms with Crippen molar-refractivity contribution < 1.29 is 14.6 Å². The van der Waals surface area contributed by atoms with E-state index in [1.165, 1.54) is 11.3 Å². The summed E-state index contributed by atoms with van der Waals surface area (Å²) in [5.41, 5.74) is 0.794. The number of fused-ring (bicyclic) bond motifs is 1. The Labute approximate surface area is 156 Å². The molecule has 1 saturated carbocycles. The van der Waals surface area contributed by atoms with Crippen molar-refractivity contribution in [1.29, 1.82) is 0 Å². The summed E-state index contributed by atoms with van der Waals surface area (Å²) in [6, 6.07) is 1.80. The third kappa shape index (κ3) is 3.13. The van der Waals surface area contributed by atoms with Gasteiger partial charge in [-0.3, -0.25) is 4.79 Å². The van der Waals surface area contributed by atoms with Crippen LogP contribution in [-0.2, 0) is 11.2 Å². The van der Waals surface area contributed by atoms with Crippen LogP contribution in [0.5, 0.6) is 0 Å². The topological polar surface area (TPSA) is 88.4 Å². The zero-order chi connectivity index (χ0) is 18.1. The second kappa shape index (κ2) is 7.38. The van der Waals surface area contributed by atoms with Crippen LogP contribution < -0.4 is 0 Å². The van der Waals surface area contributed by atoms with E-state index in [1.54, 1.807) is 18.5 Å². The van der Waals surface area contributed by atoms with Gasteiger partial charge in [0.05, 0.1) is 24.4 Å². The number of ether oxygens (including phenoxy) is 1. The lowest BCUT2D eigenvalue weighted by Gasteiger charge is -2.37. The highest BCUT2D eigenvalue weighted by Gasteiger charge is 2.43. The predicted molar refractivity (Wildman–Crippen MR) is 96.9 cm³/mol. The number of aliphatic hydroxyl groups excluding tert-OH is 1. The van der Waals surface area contributed by atoms with Crippen LogP contribution >= 0.6 is 11.3 Å². The fourth-order valence-electron chi connectivity index (χ4n) is 3.85. The molecule has 1 unspecified atom stereocenters. The van der Waals surface area contributed by atoms with Crippen LogP contribution in [0.25, 0.3) is 10.8 Å². The Morgan fingerprint density at radius 2 is 2.19 bits per heavy atom. The van der Waals surface area contributed by atoms with Crippen molar-refractivity contribution in [2.75, 3.05) is 19.8 Å². The molecule has 0 bridgehead atoms. The monoisotopic (exact) mass is 374 g/mol. The normalized spacial score (nSPS) is 25.3. The highest BCUT2D eigenvalue weighted by atomic mass is 32.1. The van der Waals surface area contributed by atoms with Gasteiger partial charge in [-0.25, -0.2) is 15.0 Å². The van der Waals surface area contributed by atoms with E-state index in [4.69, 9.17) is 4.74 Å². The number of carbonyl (C=O) groups is 1. The van der Waals surface area contributed by atoms with E-state index in [-0.39, 0.29) is 30.6 Å². The van der Waals surface area contributed by atoms with Crippen molar-refractivity contribution in [2.45, 2.75) is 38.3 Å². The van der Waals surface area contributed by atoms with Gasteiger partial charge in [0.1, 0.15) is 4.88 Å². The molecule has 0 radical (unpaired) electrons. The summed E-state index contributed by atoms with van der Waals surface area (Å²) >= 11 is 1.36. The number of aliphatic hydroxyl groups is 1. The summed E-state index contributed by atoms with van der Waals surface area (Å²) in [6.45, 7) is 3.27. The minimum Gasteiger partial charge on any atom is -0.396 e. The second-order valence-corrected chi connectivity index (χ2v) is 7.71. The van der Waals surface area contributed by atoms with Gasteiger partial charge in [-0.2, -0.15) is 0 Å². The van der Waals surface area contributed by atoms with E-state index in [9.17, 15) is 9.90 Å². The van der Waals surface area contributed by atoms with Crippen molar-refractivity contribution in [3.8, 4) is 10.8 Å². The van der Waals surface area contributed by atoms with Gasteiger partial charge >= 0.3 is 0 Å². The molecule has 26 heavy (non-hydrogen) atoms. The van der Waals surface area contributed by atoms with Crippen molar-refractivity contribution in [3.63, 3.8) is 0 Å². The highest BCUT2D eigenvalue weighted by Crippen LogP contribution is 2.36. The molecule has 1 aliphatic carbocycles. The molecule has 1 N–H and O–H groups in total. The molecule has 0 spiro atoms. The number of hydrogen-bond donors (Lipinski definition) is 1. The number of aromatic nitrogens is 3. The maximum absolute atomic E-state index is 13.3. The van der Waals surface area contributed by atoms with Gasteiger partial charge < -0.3 is 14.7 Å². The first-order chi connectivity index (χ1) is 12.7. The van der Waals surface area contributed by atoms with Gasteiger partial charge in [-0.1, -0.05) is 6.92 Å². The lowest BCUT2D eigenvalue weighted by atomic mass is 10.1. The molecule has 4 rings (SSSR count). The van der Waals surface area contributed by atoms with Crippen LogP contribution in [0.3, 0.4) is 0 Å². The van der Waals surface area contributed by atoms with E-state index >= 15 is 0 Å². The number of carbonyl (C=O) groups excluding carboxylic acids is 1. The quantitative estimate of drug-likeness (QED) is 0.878. The molecule has 2 aliphatic rings. The largest absolute Gasteiger partial charge is 0.396 e. The number of aryl methyl sites for hydroxylation is 1. The van der Waals surface area contributed by atoms with E-state index in [0.29, 0.717) is 35.3 Å². The van der Waals surface area contributed by atoms with Crippen LogP contribution in [0.2, 0.25) is 0 Å². The standard InChI is InChI=1S/C18H22N4O3S/c1-2-12-15(26-17(21-12)16-19-4-3-5-20-16)18(24)22-6-7-25-14-9-11(10-23)8-13(14)22/h3-5,11,13-14,23H,2,6-10H2,1H3/t11-,13+,14?/m1/s1. The molecule has 8 heteroatoms. The Morgan fingerprint density at radius 1 is 1.38 bits per heavy atom. The first-order valence-electron chi connectivity index (χ1n) is 9.01. The Bertz CT molecular complexity index is 782. The molecule has 3 heterocycles. The highest BCUT2D eigenvalue weighted by molar-refractivity contribution is 7.17. The Kier molecular flexibility index (Phi) is 4.97. The molecule has 1 amide bonds. The molecule has 0 aromatic carbocycles. The summed E-state index contributed by atoms with van der Waals surface area (Å²) in [5.74, 6) is 0.768. The molecule has 138 valence electrons. The summed E-state index contributed by atoms with van der Waals surface area (Å²) in [5, 5.41) is 10.2. The van der Waals surface area contributed by atoms with E-state index in [0.717, 1.165) is 18.5 Å². The minimum atomic E-state index is 0.0124. The van der Waals surface area contributed by atoms with E-state index in [2.05, 4.69) is 15.0 Å². The average Bonchev–Trinajstić information content (AvgIpc) is 3.31. The van der Waals surface area contributed by atoms with Gasteiger partial charge in [0.15, 0.2) is 10.8 Å². The van der Waals surface area contributed by atoms with Crippen molar-refractivity contribution in [3.05, 3.63) is 29.0 Å². The Balaban J connectivity index is 1.62. The van der Waals surface area contributed by atoms with Crippen molar-refractivity contribution in [1.82, 2.24) is 19.9 Å². The molecule has 3 atom stereocenters. The molecule has 7 nitrogen and oxygen atoms in total. The molecule has 1 aliphatic heterocycles. The van der Waals surface area contributed by atoms with Crippen LogP contribution in [0.4, 0.5) is 0 Å². The average molecular weight is 374 g/mol. The first-order valence-corrected chi connectivity index (χ1v) is 9.83. The lowest BCUT2D eigenvalue weighted by molar-refractivity contribution is -0.0447. The van der Waals surface area contributed by atoms with Crippen molar-refractivity contribution >= 4 is 17.2 Å². The molecule has 2 fully saturated rings. The second-order valence-electron chi connectivity index (χ2n) is 6.72. The summed E-state index contributed by atoms with van der Waals surface area (Å²) < 4.78 is 5.84. The molecule has 1 saturated heterocycles. The molecule has 2 aromatic rings. The summed E-state index contributed by atoms with van der Waals surface area (Å²) in [4.78, 5) is 29.0. The number of morpholine rings is 1. The number of thiazole rings is 1. The minimum absolute atomic E-state index is 0.0124. The number of nitrogens with zero attached hydrogens (tertiary/aromatic N) is 4. The van der Waals surface area contributed by atoms with Gasteiger partial charge in [0.2, 0.25) is 0 Å². The number of amides is 1. The van der Waals surface area contributed by atoms with Gasteiger partial charge in [-0.15, -0.1) is 11.3 Å². The van der Waals surface area contributed by atoms with Crippen LogP contribution in [0.1, 0.15) is 35.1 Å². The maximum Gasteiger partial charge on any atom is 0.266 e. The van der Waals surface area contributed by atoms with Gasteiger partial charge in [0.25, 0.3) is 5.91 Å². The third-order valence-corrected chi connectivity index (χ3v) is 6.22. The van der Waals surface area contributed by atoms with Crippen molar-refractivity contribution in [2.24, 2.45) is 5.92 Å². The third-order valence-electron chi connectivity index (χ3n) is 5.14.